The van der Waals surface area contributed by atoms with Gasteiger partial charge in [0.25, 0.3) is 0 Å². The van der Waals surface area contributed by atoms with Crippen LogP contribution in [0.1, 0.15) is 53.4 Å². The van der Waals surface area contributed by atoms with E-state index in [-0.39, 0.29) is 0 Å². The number of rotatable bonds is 3. The van der Waals surface area contributed by atoms with Crippen LogP contribution in [0.25, 0.3) is 0 Å². The predicted octanol–water partition coefficient (Wildman–Crippen LogP) is 4.34. The van der Waals surface area contributed by atoms with E-state index in [2.05, 4.69) is 39.5 Å². The molecule has 0 heterocycles. The molecule has 0 aromatic rings. The van der Waals surface area contributed by atoms with E-state index in [9.17, 15) is 0 Å². The van der Waals surface area contributed by atoms with Crippen molar-refractivity contribution in [1.29, 1.82) is 0 Å². The van der Waals surface area contributed by atoms with Gasteiger partial charge in [-0.2, -0.15) is 11.8 Å². The SMILES string of the molecule is CCC(C)SC1CCCC(C)C1C. The molecule has 0 spiro atoms. The van der Waals surface area contributed by atoms with Crippen molar-refractivity contribution in [1.82, 2.24) is 0 Å². The molecule has 0 radical (unpaired) electrons. The fourth-order valence-electron chi connectivity index (χ4n) is 2.12. The zero-order valence-electron chi connectivity index (χ0n) is 9.55. The van der Waals surface area contributed by atoms with Crippen LogP contribution >= 0.6 is 11.8 Å². The molecule has 13 heavy (non-hydrogen) atoms. The molecule has 0 N–H and O–H groups in total. The second-order valence-corrected chi connectivity index (χ2v) is 6.34. The van der Waals surface area contributed by atoms with E-state index >= 15 is 0 Å². The summed E-state index contributed by atoms with van der Waals surface area (Å²) in [5.74, 6) is 1.89. The summed E-state index contributed by atoms with van der Waals surface area (Å²) in [6, 6.07) is 0. The van der Waals surface area contributed by atoms with E-state index < -0.39 is 0 Å². The summed E-state index contributed by atoms with van der Waals surface area (Å²) in [6.07, 6.45) is 5.70. The average Bonchev–Trinajstić information content (AvgIpc) is 2.13. The zero-order valence-corrected chi connectivity index (χ0v) is 10.4. The van der Waals surface area contributed by atoms with Crippen molar-refractivity contribution in [3.05, 3.63) is 0 Å². The third-order valence-electron chi connectivity index (χ3n) is 3.61. The first kappa shape index (κ1) is 11.4. The van der Waals surface area contributed by atoms with E-state index in [4.69, 9.17) is 0 Å². The van der Waals surface area contributed by atoms with Crippen LogP contribution in [0, 0.1) is 11.8 Å². The number of hydrogen-bond acceptors (Lipinski definition) is 1. The minimum atomic E-state index is 0.859. The summed E-state index contributed by atoms with van der Waals surface area (Å²) >= 11 is 2.23. The maximum Gasteiger partial charge on any atom is 0.00779 e. The van der Waals surface area contributed by atoms with Crippen LogP contribution in [0.4, 0.5) is 0 Å². The largest absolute Gasteiger partial charge is 0.155 e. The predicted molar refractivity (Wildman–Crippen MR) is 63.3 cm³/mol. The minimum Gasteiger partial charge on any atom is -0.155 e. The van der Waals surface area contributed by atoms with Gasteiger partial charge in [0.1, 0.15) is 0 Å². The quantitative estimate of drug-likeness (QED) is 0.653. The van der Waals surface area contributed by atoms with Gasteiger partial charge in [-0.25, -0.2) is 0 Å². The van der Waals surface area contributed by atoms with Crippen molar-refractivity contribution in [2.75, 3.05) is 0 Å². The molecule has 1 aliphatic carbocycles. The van der Waals surface area contributed by atoms with Crippen molar-refractivity contribution in [3.63, 3.8) is 0 Å². The Hall–Kier alpha value is 0.350. The molecule has 1 aliphatic rings. The second-order valence-electron chi connectivity index (χ2n) is 4.66. The molecule has 78 valence electrons. The molecule has 1 saturated carbocycles. The lowest BCUT2D eigenvalue weighted by Crippen LogP contribution is -2.27. The molecule has 4 atom stereocenters. The van der Waals surface area contributed by atoms with Crippen molar-refractivity contribution in [2.45, 2.75) is 63.9 Å². The highest BCUT2D eigenvalue weighted by Gasteiger charge is 2.28. The number of hydrogen-bond donors (Lipinski definition) is 0. The van der Waals surface area contributed by atoms with Gasteiger partial charge in [-0.05, 0) is 24.7 Å². The van der Waals surface area contributed by atoms with Gasteiger partial charge >= 0.3 is 0 Å². The van der Waals surface area contributed by atoms with Gasteiger partial charge in [-0.1, -0.05) is 40.5 Å². The van der Waals surface area contributed by atoms with Crippen molar-refractivity contribution >= 4 is 11.8 Å². The van der Waals surface area contributed by atoms with Crippen LogP contribution in [0.2, 0.25) is 0 Å². The summed E-state index contributed by atoms with van der Waals surface area (Å²) in [7, 11) is 0. The molecule has 0 aromatic carbocycles. The van der Waals surface area contributed by atoms with Gasteiger partial charge in [0.2, 0.25) is 0 Å². The third-order valence-corrected chi connectivity index (χ3v) is 5.43. The first-order chi connectivity index (χ1) is 6.15. The molecule has 0 aromatic heterocycles. The average molecular weight is 200 g/mol. The molecule has 0 aliphatic heterocycles. The summed E-state index contributed by atoms with van der Waals surface area (Å²) in [5, 5.41) is 1.80. The van der Waals surface area contributed by atoms with Crippen LogP contribution in [-0.4, -0.2) is 10.5 Å². The maximum atomic E-state index is 2.45. The van der Waals surface area contributed by atoms with Gasteiger partial charge in [0, 0.05) is 10.5 Å². The van der Waals surface area contributed by atoms with Crippen LogP contribution in [0.15, 0.2) is 0 Å². The molecule has 1 rings (SSSR count). The van der Waals surface area contributed by atoms with Crippen molar-refractivity contribution in [3.8, 4) is 0 Å². The van der Waals surface area contributed by atoms with E-state index in [1.807, 2.05) is 0 Å². The monoisotopic (exact) mass is 200 g/mol. The molecule has 1 fully saturated rings. The van der Waals surface area contributed by atoms with E-state index in [0.717, 1.165) is 22.3 Å². The molecular weight excluding hydrogens is 176 g/mol. The fraction of sp³-hybridized carbons (Fsp3) is 1.00. The molecule has 0 nitrogen and oxygen atoms in total. The van der Waals surface area contributed by atoms with Crippen LogP contribution in [0.5, 0.6) is 0 Å². The van der Waals surface area contributed by atoms with Gasteiger partial charge in [-0.3, -0.25) is 0 Å². The van der Waals surface area contributed by atoms with Gasteiger partial charge in [0.05, 0.1) is 0 Å². The van der Waals surface area contributed by atoms with E-state index in [1.165, 1.54) is 25.7 Å². The Morgan fingerprint density at radius 2 is 2.00 bits per heavy atom. The topological polar surface area (TPSA) is 0 Å². The summed E-state index contributed by atoms with van der Waals surface area (Å²) in [5.41, 5.74) is 0. The molecule has 1 heteroatoms. The van der Waals surface area contributed by atoms with Crippen molar-refractivity contribution < 1.29 is 0 Å². The first-order valence-electron chi connectivity index (χ1n) is 5.80. The Bertz CT molecular complexity index is 144. The standard InChI is InChI=1S/C12H24S/c1-5-10(3)13-12-8-6-7-9(2)11(12)4/h9-12H,5-8H2,1-4H3. The molecule has 0 bridgehead atoms. The Kier molecular flexibility index (Phi) is 4.64. The first-order valence-corrected chi connectivity index (χ1v) is 6.74. The smallest absolute Gasteiger partial charge is 0.00779 e. The lowest BCUT2D eigenvalue weighted by atomic mass is 9.81. The highest BCUT2D eigenvalue weighted by molar-refractivity contribution is 8.00. The minimum absolute atomic E-state index is 0.859. The van der Waals surface area contributed by atoms with Crippen LogP contribution in [0.3, 0.4) is 0 Å². The van der Waals surface area contributed by atoms with Crippen molar-refractivity contribution in [2.24, 2.45) is 11.8 Å². The Balaban J connectivity index is 2.39. The Labute approximate surface area is 87.9 Å². The van der Waals surface area contributed by atoms with Crippen LogP contribution < -0.4 is 0 Å². The van der Waals surface area contributed by atoms with Gasteiger partial charge in [-0.15, -0.1) is 0 Å². The Morgan fingerprint density at radius 3 is 2.62 bits per heavy atom. The highest BCUT2D eigenvalue weighted by Crippen LogP contribution is 2.38. The molecule has 0 saturated heterocycles. The Morgan fingerprint density at radius 1 is 1.31 bits per heavy atom. The normalized spacial score (nSPS) is 37.4. The molecular formula is C12H24S. The lowest BCUT2D eigenvalue weighted by molar-refractivity contribution is 0.286. The lowest BCUT2D eigenvalue weighted by Gasteiger charge is -2.35. The number of thioether (sulfide) groups is 1. The second kappa shape index (κ2) is 5.29. The maximum absolute atomic E-state index is 2.45. The van der Waals surface area contributed by atoms with Gasteiger partial charge in [0.15, 0.2) is 0 Å². The van der Waals surface area contributed by atoms with E-state index in [1.54, 1.807) is 0 Å². The molecule has 4 unspecified atom stereocenters. The third kappa shape index (κ3) is 3.19. The van der Waals surface area contributed by atoms with Gasteiger partial charge < -0.3 is 0 Å². The summed E-state index contributed by atoms with van der Waals surface area (Å²) < 4.78 is 0. The van der Waals surface area contributed by atoms with Crippen LogP contribution in [-0.2, 0) is 0 Å². The zero-order chi connectivity index (χ0) is 9.84. The van der Waals surface area contributed by atoms with E-state index in [0.29, 0.717) is 0 Å². The summed E-state index contributed by atoms with van der Waals surface area (Å²) in [6.45, 7) is 9.54. The summed E-state index contributed by atoms with van der Waals surface area (Å²) in [4.78, 5) is 0. The molecule has 0 amide bonds. The fourth-order valence-corrected chi connectivity index (χ4v) is 3.73. The highest BCUT2D eigenvalue weighted by atomic mass is 32.2.